The molecule has 0 bridgehead atoms. The Hall–Kier alpha value is -2.64. The molecule has 2 aromatic heterocycles. The second kappa shape index (κ2) is 5.86. The van der Waals surface area contributed by atoms with Crippen LogP contribution < -0.4 is 15.4 Å². The summed E-state index contributed by atoms with van der Waals surface area (Å²) < 4.78 is 7.58. The highest BCUT2D eigenvalue weighted by atomic mass is 16.5. The number of hydrogen-bond acceptors (Lipinski definition) is 5. The third-order valence-corrected chi connectivity index (χ3v) is 3.97. The number of nitrogens with zero attached hydrogens (tertiary/aromatic N) is 3. The van der Waals surface area contributed by atoms with E-state index in [1.54, 1.807) is 23.0 Å². The Kier molecular flexibility index (Phi) is 3.89. The fourth-order valence-electron chi connectivity index (χ4n) is 2.27. The molecule has 0 aliphatic carbocycles. The Balaban J connectivity index is 1.98. The van der Waals surface area contributed by atoms with Gasteiger partial charge in [-0.25, -0.2) is 14.3 Å². The normalized spacial score (nSPS) is 19.6. The zero-order chi connectivity index (χ0) is 16.6. The Morgan fingerprint density at radius 2 is 2.13 bits per heavy atom. The quantitative estimate of drug-likeness (QED) is 0.879. The van der Waals surface area contributed by atoms with Crippen molar-refractivity contribution in [1.29, 1.82) is 0 Å². The molecule has 1 aliphatic rings. The van der Waals surface area contributed by atoms with Crippen LogP contribution >= 0.6 is 0 Å². The fraction of sp³-hybridized carbons (Fsp3) is 0.467. The van der Waals surface area contributed by atoms with Crippen molar-refractivity contribution in [3.05, 3.63) is 24.2 Å². The third-order valence-electron chi connectivity index (χ3n) is 3.97. The summed E-state index contributed by atoms with van der Waals surface area (Å²) in [6.45, 7) is 6.33. The summed E-state index contributed by atoms with van der Waals surface area (Å²) in [5.74, 6) is -0.0235. The monoisotopic (exact) mass is 317 g/mol. The van der Waals surface area contributed by atoms with Crippen LogP contribution in [-0.4, -0.2) is 39.2 Å². The van der Waals surface area contributed by atoms with Gasteiger partial charge in [0.05, 0.1) is 17.7 Å². The molecule has 2 unspecified atom stereocenters. The Bertz CT molecular complexity index is 755. The number of aromatic nitrogens is 3. The molecule has 8 nitrogen and oxygen atoms in total. The van der Waals surface area contributed by atoms with Crippen molar-refractivity contribution in [1.82, 2.24) is 25.2 Å². The van der Waals surface area contributed by atoms with Gasteiger partial charge in [0.1, 0.15) is 0 Å². The molecule has 0 saturated carbocycles. The van der Waals surface area contributed by atoms with Gasteiger partial charge in [-0.1, -0.05) is 13.8 Å². The van der Waals surface area contributed by atoms with Crippen LogP contribution in [0, 0.1) is 5.92 Å². The lowest BCUT2D eigenvalue weighted by Crippen LogP contribution is -2.51. The maximum atomic E-state index is 12.0. The Morgan fingerprint density at radius 1 is 1.35 bits per heavy atom. The summed E-state index contributed by atoms with van der Waals surface area (Å²) in [7, 11) is 0. The molecular weight excluding hydrogens is 298 g/mol. The molecule has 1 saturated heterocycles. The zero-order valence-electron chi connectivity index (χ0n) is 13.2. The average molecular weight is 317 g/mol. The molecule has 0 aromatic carbocycles. The van der Waals surface area contributed by atoms with Crippen molar-refractivity contribution in [3.8, 4) is 5.75 Å². The summed E-state index contributed by atoms with van der Waals surface area (Å²) in [5.41, 5.74) is 1.13. The maximum absolute atomic E-state index is 12.0. The second-order valence-corrected chi connectivity index (χ2v) is 5.95. The number of rotatable bonds is 4. The van der Waals surface area contributed by atoms with E-state index in [2.05, 4.69) is 34.6 Å². The number of imidazole rings is 1. The van der Waals surface area contributed by atoms with Gasteiger partial charge in [-0.05, 0) is 12.8 Å². The summed E-state index contributed by atoms with van der Waals surface area (Å²) in [6, 6.07) is 1.24. The van der Waals surface area contributed by atoms with Crippen LogP contribution in [0.15, 0.2) is 18.5 Å². The van der Waals surface area contributed by atoms with Crippen LogP contribution in [0.5, 0.6) is 5.75 Å². The van der Waals surface area contributed by atoms with Gasteiger partial charge >= 0.3 is 6.03 Å². The number of hydrogen-bond donors (Lipinski definition) is 2. The molecule has 2 aromatic rings. The predicted molar refractivity (Wildman–Crippen MR) is 82.2 cm³/mol. The number of fused-ring (bicyclic) bond motifs is 1. The van der Waals surface area contributed by atoms with Gasteiger partial charge in [0.15, 0.2) is 11.4 Å². The van der Waals surface area contributed by atoms with Crippen LogP contribution in [0.1, 0.15) is 32.4 Å². The van der Waals surface area contributed by atoms with Gasteiger partial charge in [-0.2, -0.15) is 5.10 Å². The molecule has 1 aliphatic heterocycles. The smallest absolute Gasteiger partial charge is 0.321 e. The van der Waals surface area contributed by atoms with Crippen LogP contribution in [0.25, 0.3) is 5.65 Å². The molecule has 23 heavy (non-hydrogen) atoms. The summed E-state index contributed by atoms with van der Waals surface area (Å²) >= 11 is 0. The van der Waals surface area contributed by atoms with Crippen molar-refractivity contribution >= 4 is 17.6 Å². The summed E-state index contributed by atoms with van der Waals surface area (Å²) in [4.78, 5) is 27.5. The lowest BCUT2D eigenvalue weighted by Gasteiger charge is -2.23. The van der Waals surface area contributed by atoms with E-state index < -0.39 is 11.9 Å². The maximum Gasteiger partial charge on any atom is 0.321 e. The van der Waals surface area contributed by atoms with Crippen molar-refractivity contribution in [2.45, 2.75) is 32.8 Å². The van der Waals surface area contributed by atoms with Crippen LogP contribution in [0.2, 0.25) is 0 Å². The lowest BCUT2D eigenvalue weighted by molar-refractivity contribution is -0.122. The molecule has 3 amide bonds. The minimum atomic E-state index is -0.559. The third kappa shape index (κ3) is 2.96. The number of amides is 3. The topological polar surface area (TPSA) is 97.6 Å². The average Bonchev–Trinajstić information content (AvgIpc) is 2.95. The first-order valence-electron chi connectivity index (χ1n) is 7.55. The van der Waals surface area contributed by atoms with E-state index in [1.807, 2.05) is 6.92 Å². The minimum Gasteiger partial charge on any atom is -0.486 e. The molecule has 122 valence electrons. The molecule has 3 rings (SSSR count). The largest absolute Gasteiger partial charge is 0.486 e. The van der Waals surface area contributed by atoms with Crippen molar-refractivity contribution in [2.75, 3.05) is 6.54 Å². The van der Waals surface area contributed by atoms with Gasteiger partial charge in [-0.15, -0.1) is 0 Å². The van der Waals surface area contributed by atoms with E-state index in [-0.39, 0.29) is 18.6 Å². The van der Waals surface area contributed by atoms with Gasteiger partial charge in [-0.3, -0.25) is 10.1 Å². The first-order valence-corrected chi connectivity index (χ1v) is 7.55. The number of nitrogens with one attached hydrogen (secondary N) is 2. The van der Waals surface area contributed by atoms with E-state index in [9.17, 15) is 9.59 Å². The number of carbonyl (C=O) groups excluding carboxylic acids is 2. The molecular formula is C15H19N5O3. The first kappa shape index (κ1) is 15.3. The Labute approximate surface area is 133 Å². The Morgan fingerprint density at radius 3 is 2.83 bits per heavy atom. The molecule has 0 spiro atoms. The highest BCUT2D eigenvalue weighted by Crippen LogP contribution is 2.25. The molecule has 2 N–H and O–H groups in total. The van der Waals surface area contributed by atoms with Gasteiger partial charge in [0, 0.05) is 25.0 Å². The summed E-state index contributed by atoms with van der Waals surface area (Å²) in [6.07, 6.45) is 3.32. The van der Waals surface area contributed by atoms with E-state index >= 15 is 0 Å². The van der Waals surface area contributed by atoms with E-state index in [4.69, 9.17) is 4.74 Å². The lowest BCUT2D eigenvalue weighted by atomic mass is 10.0. The van der Waals surface area contributed by atoms with E-state index in [1.165, 1.54) is 0 Å². The molecule has 1 fully saturated rings. The van der Waals surface area contributed by atoms with Crippen LogP contribution in [0.3, 0.4) is 0 Å². The van der Waals surface area contributed by atoms with Crippen molar-refractivity contribution in [3.63, 3.8) is 0 Å². The highest BCUT2D eigenvalue weighted by molar-refractivity contribution is 6.00. The fourth-order valence-corrected chi connectivity index (χ4v) is 2.27. The highest BCUT2D eigenvalue weighted by Gasteiger charge is 2.30. The van der Waals surface area contributed by atoms with Gasteiger partial charge < -0.3 is 10.1 Å². The standard InChI is InChI=1S/C15H19N5O3/c1-8(2)9(3)23-12-6-11(19-20-5-4-16-13(12)20)10-7-17-15(22)18-14(10)21/h4-6,8-10H,7H2,1-3H3,(H2,17,18,21,22). The van der Waals surface area contributed by atoms with Crippen LogP contribution in [0.4, 0.5) is 4.79 Å². The number of ether oxygens (including phenoxy) is 1. The number of urea groups is 1. The molecule has 0 radical (unpaired) electrons. The number of carbonyl (C=O) groups is 2. The minimum absolute atomic E-state index is 0.00867. The van der Waals surface area contributed by atoms with Crippen molar-refractivity contribution < 1.29 is 14.3 Å². The molecule has 3 heterocycles. The van der Waals surface area contributed by atoms with Crippen LogP contribution in [-0.2, 0) is 4.79 Å². The zero-order valence-corrected chi connectivity index (χ0v) is 13.2. The van der Waals surface area contributed by atoms with Crippen molar-refractivity contribution in [2.24, 2.45) is 5.92 Å². The molecule has 8 heteroatoms. The first-order chi connectivity index (χ1) is 11.0. The number of imide groups is 1. The van der Waals surface area contributed by atoms with E-state index in [0.29, 0.717) is 23.0 Å². The van der Waals surface area contributed by atoms with Gasteiger partial charge in [0.25, 0.3) is 0 Å². The summed E-state index contributed by atoms with van der Waals surface area (Å²) in [5, 5.41) is 9.27. The van der Waals surface area contributed by atoms with Gasteiger partial charge in [0.2, 0.25) is 5.91 Å². The SMILES string of the molecule is CC(C)C(C)Oc1cc(C2CNC(=O)NC2=O)nn2ccnc12. The molecule has 2 atom stereocenters. The van der Waals surface area contributed by atoms with E-state index in [0.717, 1.165) is 0 Å². The predicted octanol–water partition coefficient (Wildman–Crippen LogP) is 1.08. The second-order valence-electron chi connectivity index (χ2n) is 5.95.